The first-order valence-corrected chi connectivity index (χ1v) is 8.99. The molecule has 2 atom stereocenters. The summed E-state index contributed by atoms with van der Waals surface area (Å²) in [5, 5.41) is 4.31. The molecule has 1 aliphatic rings. The van der Waals surface area contributed by atoms with E-state index in [1.807, 2.05) is 18.3 Å². The Morgan fingerprint density at radius 2 is 2.04 bits per heavy atom. The lowest BCUT2D eigenvalue weighted by Gasteiger charge is -2.27. The van der Waals surface area contributed by atoms with E-state index in [0.717, 1.165) is 23.8 Å². The molecule has 1 N–H and O–H groups in total. The molecule has 24 heavy (non-hydrogen) atoms. The van der Waals surface area contributed by atoms with Crippen LogP contribution >= 0.6 is 12.2 Å². The van der Waals surface area contributed by atoms with Crippen LogP contribution in [0.1, 0.15) is 57.5 Å². The van der Waals surface area contributed by atoms with Crippen molar-refractivity contribution >= 4 is 17.3 Å². The first-order valence-electron chi connectivity index (χ1n) is 8.58. The van der Waals surface area contributed by atoms with Gasteiger partial charge in [-0.15, -0.1) is 0 Å². The van der Waals surface area contributed by atoms with Gasteiger partial charge in [0.05, 0.1) is 17.8 Å². The van der Waals surface area contributed by atoms with Gasteiger partial charge in [-0.05, 0) is 63.2 Å². The van der Waals surface area contributed by atoms with Crippen LogP contribution in [-0.2, 0) is 5.54 Å². The summed E-state index contributed by atoms with van der Waals surface area (Å²) in [5.41, 5.74) is 2.38. The van der Waals surface area contributed by atoms with Crippen molar-refractivity contribution in [1.29, 1.82) is 0 Å². The molecule has 2 aromatic rings. The molecule has 3 heterocycles. The van der Waals surface area contributed by atoms with Crippen LogP contribution in [0.25, 0.3) is 0 Å². The summed E-state index contributed by atoms with van der Waals surface area (Å²) >= 11 is 5.62. The maximum Gasteiger partial charge on any atom is 0.170 e. The van der Waals surface area contributed by atoms with Gasteiger partial charge in [0.25, 0.3) is 0 Å². The molecule has 0 radical (unpaired) electrons. The first kappa shape index (κ1) is 17.0. The Kier molecular flexibility index (Phi) is 4.63. The number of hydrogen-bond donors (Lipinski definition) is 1. The molecule has 1 saturated heterocycles. The molecule has 0 aromatic carbocycles. The van der Waals surface area contributed by atoms with Crippen LogP contribution in [0.3, 0.4) is 0 Å². The highest BCUT2D eigenvalue weighted by Gasteiger charge is 2.39. The van der Waals surface area contributed by atoms with E-state index in [2.05, 4.69) is 72.0 Å². The van der Waals surface area contributed by atoms with Crippen molar-refractivity contribution < 1.29 is 0 Å². The molecule has 0 aliphatic carbocycles. The second kappa shape index (κ2) is 6.55. The maximum atomic E-state index is 5.62. The van der Waals surface area contributed by atoms with E-state index in [4.69, 9.17) is 12.2 Å². The molecule has 2 unspecified atom stereocenters. The van der Waals surface area contributed by atoms with Gasteiger partial charge in [-0.1, -0.05) is 13.0 Å². The van der Waals surface area contributed by atoms with E-state index in [1.165, 1.54) is 5.56 Å². The third kappa shape index (κ3) is 3.18. The zero-order valence-corrected chi connectivity index (χ0v) is 15.7. The molecule has 0 saturated carbocycles. The standard InChI is InChI=1S/C19H26N4S/c1-5-11-23-17(14-9-12-22(13-14)19(2,3)4)16(21-18(23)24)15-8-6-7-10-20-15/h6-10,12-13,16-17H,5,11H2,1-4H3,(H,21,24). The van der Waals surface area contributed by atoms with Crippen molar-refractivity contribution in [3.8, 4) is 0 Å². The smallest absolute Gasteiger partial charge is 0.170 e. The lowest BCUT2D eigenvalue weighted by atomic mass is 9.99. The van der Waals surface area contributed by atoms with Crippen LogP contribution in [0.15, 0.2) is 42.9 Å². The van der Waals surface area contributed by atoms with E-state index >= 15 is 0 Å². The Morgan fingerprint density at radius 1 is 1.25 bits per heavy atom. The summed E-state index contributed by atoms with van der Waals surface area (Å²) in [7, 11) is 0. The Hall–Kier alpha value is -1.88. The van der Waals surface area contributed by atoms with Gasteiger partial charge in [-0.3, -0.25) is 4.98 Å². The third-order valence-electron chi connectivity index (χ3n) is 4.49. The van der Waals surface area contributed by atoms with Crippen LogP contribution in [-0.4, -0.2) is 26.1 Å². The summed E-state index contributed by atoms with van der Waals surface area (Å²) < 4.78 is 2.27. The van der Waals surface area contributed by atoms with Crippen LogP contribution < -0.4 is 5.32 Å². The molecule has 4 nitrogen and oxygen atoms in total. The average Bonchev–Trinajstić information content (AvgIpc) is 3.14. The van der Waals surface area contributed by atoms with Gasteiger partial charge in [0.1, 0.15) is 0 Å². The van der Waals surface area contributed by atoms with Crippen molar-refractivity contribution in [2.24, 2.45) is 0 Å². The number of rotatable bonds is 4. The van der Waals surface area contributed by atoms with Crippen LogP contribution in [0.4, 0.5) is 0 Å². The topological polar surface area (TPSA) is 33.1 Å². The van der Waals surface area contributed by atoms with Crippen LogP contribution in [0.2, 0.25) is 0 Å². The predicted molar refractivity (Wildman–Crippen MR) is 102 cm³/mol. The fraction of sp³-hybridized carbons (Fsp3) is 0.474. The summed E-state index contributed by atoms with van der Waals surface area (Å²) in [4.78, 5) is 6.87. The molecule has 3 rings (SSSR count). The SMILES string of the molecule is CCCN1C(=S)NC(c2ccccn2)C1c1ccn(C(C)(C)C)c1. The average molecular weight is 343 g/mol. The molecule has 2 aromatic heterocycles. The van der Waals surface area contributed by atoms with E-state index in [0.29, 0.717) is 0 Å². The summed E-state index contributed by atoms with van der Waals surface area (Å²) in [6, 6.07) is 8.53. The second-order valence-corrected chi connectivity index (χ2v) is 7.73. The Labute approximate surface area is 149 Å². The van der Waals surface area contributed by atoms with Crippen molar-refractivity contribution in [2.45, 2.75) is 51.7 Å². The third-order valence-corrected chi connectivity index (χ3v) is 4.85. The fourth-order valence-electron chi connectivity index (χ4n) is 3.26. The van der Waals surface area contributed by atoms with E-state index in [-0.39, 0.29) is 17.6 Å². The Morgan fingerprint density at radius 3 is 2.62 bits per heavy atom. The highest BCUT2D eigenvalue weighted by atomic mass is 32.1. The van der Waals surface area contributed by atoms with E-state index in [9.17, 15) is 0 Å². The minimum Gasteiger partial charge on any atom is -0.352 e. The molecule has 0 amide bonds. The normalized spacial score (nSPS) is 21.2. The molecular formula is C19H26N4S. The van der Waals surface area contributed by atoms with Crippen LogP contribution in [0.5, 0.6) is 0 Å². The number of hydrogen-bond acceptors (Lipinski definition) is 2. The fourth-order valence-corrected chi connectivity index (χ4v) is 3.59. The molecule has 0 spiro atoms. The van der Waals surface area contributed by atoms with Gasteiger partial charge in [0.2, 0.25) is 0 Å². The maximum absolute atomic E-state index is 5.62. The summed E-state index contributed by atoms with van der Waals surface area (Å²) in [5.74, 6) is 0. The minimum absolute atomic E-state index is 0.0703. The largest absolute Gasteiger partial charge is 0.352 e. The van der Waals surface area contributed by atoms with E-state index < -0.39 is 0 Å². The quantitative estimate of drug-likeness (QED) is 0.851. The Balaban J connectivity index is 2.01. The van der Waals surface area contributed by atoms with Gasteiger partial charge in [-0.25, -0.2) is 0 Å². The monoisotopic (exact) mass is 342 g/mol. The molecule has 1 fully saturated rings. The lowest BCUT2D eigenvalue weighted by Crippen LogP contribution is -2.30. The number of nitrogens with zero attached hydrogens (tertiary/aromatic N) is 3. The van der Waals surface area contributed by atoms with Crippen molar-refractivity contribution in [3.63, 3.8) is 0 Å². The summed E-state index contributed by atoms with van der Waals surface area (Å²) in [6.07, 6.45) is 7.32. The highest BCUT2D eigenvalue weighted by molar-refractivity contribution is 7.80. The van der Waals surface area contributed by atoms with Crippen molar-refractivity contribution in [3.05, 3.63) is 54.1 Å². The number of thiocarbonyl (C=S) groups is 1. The number of aromatic nitrogens is 2. The van der Waals surface area contributed by atoms with Crippen LogP contribution in [0, 0.1) is 0 Å². The van der Waals surface area contributed by atoms with Gasteiger partial charge in [0.15, 0.2) is 5.11 Å². The molecule has 0 bridgehead atoms. The predicted octanol–water partition coefficient (Wildman–Crippen LogP) is 4.02. The zero-order chi connectivity index (χ0) is 17.3. The van der Waals surface area contributed by atoms with Gasteiger partial charge < -0.3 is 14.8 Å². The molecule has 5 heteroatoms. The molecular weight excluding hydrogens is 316 g/mol. The van der Waals surface area contributed by atoms with Crippen molar-refractivity contribution in [2.75, 3.05) is 6.54 Å². The Bertz CT molecular complexity index is 702. The zero-order valence-electron chi connectivity index (χ0n) is 14.9. The number of pyridine rings is 1. The minimum atomic E-state index is 0.0703. The van der Waals surface area contributed by atoms with Gasteiger partial charge >= 0.3 is 0 Å². The van der Waals surface area contributed by atoms with Crippen molar-refractivity contribution in [1.82, 2.24) is 19.8 Å². The summed E-state index contributed by atoms with van der Waals surface area (Å²) in [6.45, 7) is 9.78. The number of nitrogens with one attached hydrogen (secondary N) is 1. The van der Waals surface area contributed by atoms with Gasteiger partial charge in [-0.2, -0.15) is 0 Å². The molecule has 1 aliphatic heterocycles. The lowest BCUT2D eigenvalue weighted by molar-refractivity contribution is 0.316. The van der Waals surface area contributed by atoms with Gasteiger partial charge in [0, 0.05) is 30.7 Å². The van der Waals surface area contributed by atoms with E-state index in [1.54, 1.807) is 0 Å². The molecule has 128 valence electrons. The first-order chi connectivity index (χ1) is 11.4. The highest BCUT2D eigenvalue weighted by Crippen LogP contribution is 2.39. The second-order valence-electron chi connectivity index (χ2n) is 7.34.